The first kappa shape index (κ1) is 13.1. The first-order valence-electron chi connectivity index (χ1n) is 5.38. The van der Waals surface area contributed by atoms with E-state index in [0.717, 1.165) is 0 Å². The zero-order valence-electron chi connectivity index (χ0n) is 10.1. The van der Waals surface area contributed by atoms with E-state index in [1.54, 1.807) is 10.9 Å². The minimum absolute atomic E-state index is 0.303. The third kappa shape index (κ3) is 3.88. The summed E-state index contributed by atoms with van der Waals surface area (Å²) >= 11 is 0. The van der Waals surface area contributed by atoms with Gasteiger partial charge in [0.1, 0.15) is 5.69 Å². The molecule has 1 aromatic rings. The summed E-state index contributed by atoms with van der Waals surface area (Å²) in [6.07, 6.45) is 1.17. The molecule has 0 amide bonds. The highest BCUT2D eigenvalue weighted by molar-refractivity contribution is 5.05. The summed E-state index contributed by atoms with van der Waals surface area (Å²) in [5.74, 6) is 0. The van der Waals surface area contributed by atoms with Crippen LogP contribution in [0, 0.1) is 0 Å². The van der Waals surface area contributed by atoms with Crippen molar-refractivity contribution in [1.82, 2.24) is 15.0 Å². The van der Waals surface area contributed by atoms with Gasteiger partial charge in [-0.3, -0.25) is 0 Å². The molecule has 0 saturated heterocycles. The largest absolute Gasteiger partial charge is 0.389 e. The van der Waals surface area contributed by atoms with E-state index in [0.29, 0.717) is 25.5 Å². The molecule has 0 bridgehead atoms. The van der Waals surface area contributed by atoms with Crippen LogP contribution in [0.1, 0.15) is 26.5 Å². The third-order valence-corrected chi connectivity index (χ3v) is 2.11. The van der Waals surface area contributed by atoms with Crippen LogP contribution in [0.2, 0.25) is 0 Å². The molecule has 0 aliphatic rings. The van der Waals surface area contributed by atoms with Gasteiger partial charge in [0.2, 0.25) is 0 Å². The quantitative estimate of drug-likeness (QED) is 0.708. The van der Waals surface area contributed by atoms with Crippen LogP contribution >= 0.6 is 0 Å². The fourth-order valence-corrected chi connectivity index (χ4v) is 1.21. The number of nitrogens with two attached hydrogens (primary N) is 1. The van der Waals surface area contributed by atoms with Gasteiger partial charge in [0.15, 0.2) is 0 Å². The summed E-state index contributed by atoms with van der Waals surface area (Å²) in [6, 6.07) is 0. The van der Waals surface area contributed by atoms with Gasteiger partial charge in [0, 0.05) is 6.61 Å². The van der Waals surface area contributed by atoms with Crippen molar-refractivity contribution in [2.75, 3.05) is 13.2 Å². The highest BCUT2D eigenvalue weighted by Gasteiger charge is 2.18. The van der Waals surface area contributed by atoms with Gasteiger partial charge in [-0.25, -0.2) is 4.68 Å². The molecule has 92 valence electrons. The molecule has 0 spiro atoms. The summed E-state index contributed by atoms with van der Waals surface area (Å²) in [5.41, 5.74) is 6.07. The Bertz CT molecular complexity index is 319. The maximum absolute atomic E-state index is 9.60. The van der Waals surface area contributed by atoms with Crippen LogP contribution < -0.4 is 5.73 Å². The summed E-state index contributed by atoms with van der Waals surface area (Å²) in [5, 5.41) is 17.5. The van der Waals surface area contributed by atoms with E-state index < -0.39 is 11.6 Å². The number of ether oxygens (including phenoxy) is 1. The number of hydrogen-bond donors (Lipinski definition) is 2. The second kappa shape index (κ2) is 5.38. The van der Waals surface area contributed by atoms with E-state index in [1.807, 2.05) is 20.8 Å². The van der Waals surface area contributed by atoms with Crippen molar-refractivity contribution in [3.8, 4) is 0 Å². The fourth-order valence-electron chi connectivity index (χ4n) is 1.21. The number of aromatic nitrogens is 3. The predicted octanol–water partition coefficient (Wildman–Crippen LogP) is -0.131. The smallest absolute Gasteiger partial charge is 0.102 e. The van der Waals surface area contributed by atoms with E-state index in [4.69, 9.17) is 10.5 Å². The third-order valence-electron chi connectivity index (χ3n) is 2.11. The Balaban J connectivity index is 2.52. The molecular formula is C10H20N4O2. The predicted molar refractivity (Wildman–Crippen MR) is 59.7 cm³/mol. The lowest BCUT2D eigenvalue weighted by Crippen LogP contribution is -2.29. The van der Waals surface area contributed by atoms with Gasteiger partial charge in [-0.1, -0.05) is 5.21 Å². The molecule has 3 N–H and O–H groups in total. The topological polar surface area (TPSA) is 86.2 Å². The average molecular weight is 228 g/mol. The van der Waals surface area contributed by atoms with Crippen LogP contribution in [0.25, 0.3) is 0 Å². The van der Waals surface area contributed by atoms with Crippen LogP contribution in [0.5, 0.6) is 0 Å². The Morgan fingerprint density at radius 1 is 1.62 bits per heavy atom. The molecule has 0 radical (unpaired) electrons. The van der Waals surface area contributed by atoms with Crippen molar-refractivity contribution < 1.29 is 9.84 Å². The second-order valence-corrected chi connectivity index (χ2v) is 4.36. The summed E-state index contributed by atoms with van der Waals surface area (Å²) in [4.78, 5) is 0. The molecule has 6 nitrogen and oxygen atoms in total. The minimum atomic E-state index is -0.574. The maximum atomic E-state index is 9.60. The normalized spacial score (nSPS) is 14.1. The molecule has 0 aliphatic carbocycles. The lowest BCUT2D eigenvalue weighted by atomic mass is 10.0. The van der Waals surface area contributed by atoms with E-state index >= 15 is 0 Å². The monoisotopic (exact) mass is 228 g/mol. The summed E-state index contributed by atoms with van der Waals surface area (Å²) in [6.45, 7) is 6.86. The molecule has 1 heterocycles. The molecule has 1 unspecified atom stereocenters. The van der Waals surface area contributed by atoms with E-state index in [-0.39, 0.29) is 0 Å². The van der Waals surface area contributed by atoms with Crippen molar-refractivity contribution >= 4 is 0 Å². The van der Waals surface area contributed by atoms with Crippen LogP contribution in [-0.4, -0.2) is 39.4 Å². The highest BCUT2D eigenvalue weighted by Crippen LogP contribution is 2.12. The Morgan fingerprint density at radius 3 is 2.81 bits per heavy atom. The lowest BCUT2D eigenvalue weighted by molar-refractivity contribution is 0.0313. The van der Waals surface area contributed by atoms with Crippen molar-refractivity contribution in [2.45, 2.75) is 39.0 Å². The standard InChI is InChI=1S/C10H20N4O2/c1-4-16-7-8(15)5-14-6-9(12-13-14)10(2,3)11/h6,8,15H,4-5,7,11H2,1-3H3. The Labute approximate surface area is 95.4 Å². The SMILES string of the molecule is CCOCC(O)Cn1cc(C(C)(C)N)nn1. The van der Waals surface area contributed by atoms with Crippen molar-refractivity contribution in [1.29, 1.82) is 0 Å². The van der Waals surface area contributed by atoms with Crippen LogP contribution in [0.3, 0.4) is 0 Å². The van der Waals surface area contributed by atoms with Crippen molar-refractivity contribution in [3.63, 3.8) is 0 Å². The lowest BCUT2D eigenvalue weighted by Gasteiger charge is -2.13. The van der Waals surface area contributed by atoms with Crippen LogP contribution in [-0.2, 0) is 16.8 Å². The summed E-state index contributed by atoms with van der Waals surface area (Å²) < 4.78 is 6.68. The Hall–Kier alpha value is -0.980. The van der Waals surface area contributed by atoms with Crippen LogP contribution in [0.4, 0.5) is 0 Å². The molecule has 6 heteroatoms. The van der Waals surface area contributed by atoms with Crippen molar-refractivity contribution in [2.24, 2.45) is 5.73 Å². The zero-order valence-corrected chi connectivity index (χ0v) is 10.1. The molecule has 1 atom stereocenters. The Morgan fingerprint density at radius 2 is 2.31 bits per heavy atom. The van der Waals surface area contributed by atoms with Gasteiger partial charge in [0.25, 0.3) is 0 Å². The number of rotatable bonds is 6. The molecule has 1 aromatic heterocycles. The molecular weight excluding hydrogens is 208 g/mol. The minimum Gasteiger partial charge on any atom is -0.389 e. The van der Waals surface area contributed by atoms with Gasteiger partial charge in [-0.15, -0.1) is 5.10 Å². The molecule has 0 aliphatic heterocycles. The number of hydrogen-bond acceptors (Lipinski definition) is 5. The van der Waals surface area contributed by atoms with Gasteiger partial charge in [0.05, 0.1) is 31.0 Å². The molecule has 1 rings (SSSR count). The van der Waals surface area contributed by atoms with E-state index in [9.17, 15) is 5.11 Å². The zero-order chi connectivity index (χ0) is 12.2. The second-order valence-electron chi connectivity index (χ2n) is 4.36. The van der Waals surface area contributed by atoms with E-state index in [1.165, 1.54) is 0 Å². The number of aliphatic hydroxyl groups excluding tert-OH is 1. The van der Waals surface area contributed by atoms with Gasteiger partial charge in [-0.2, -0.15) is 0 Å². The van der Waals surface area contributed by atoms with Gasteiger partial charge < -0.3 is 15.6 Å². The van der Waals surface area contributed by atoms with Crippen LogP contribution in [0.15, 0.2) is 6.20 Å². The average Bonchev–Trinajstić information content (AvgIpc) is 2.62. The molecule has 0 saturated carbocycles. The molecule has 16 heavy (non-hydrogen) atoms. The first-order valence-corrected chi connectivity index (χ1v) is 5.38. The number of aliphatic hydroxyl groups is 1. The first-order chi connectivity index (χ1) is 7.43. The van der Waals surface area contributed by atoms with Crippen molar-refractivity contribution in [3.05, 3.63) is 11.9 Å². The van der Waals surface area contributed by atoms with E-state index in [2.05, 4.69) is 10.3 Å². The number of nitrogens with zero attached hydrogens (tertiary/aromatic N) is 3. The molecule has 0 fully saturated rings. The van der Waals surface area contributed by atoms with Gasteiger partial charge in [-0.05, 0) is 20.8 Å². The Kier molecular flexibility index (Phi) is 4.40. The molecule has 0 aromatic carbocycles. The fraction of sp³-hybridized carbons (Fsp3) is 0.800. The van der Waals surface area contributed by atoms with Gasteiger partial charge >= 0.3 is 0 Å². The summed E-state index contributed by atoms with van der Waals surface area (Å²) in [7, 11) is 0. The highest BCUT2D eigenvalue weighted by atomic mass is 16.5. The maximum Gasteiger partial charge on any atom is 0.102 e.